The van der Waals surface area contributed by atoms with Crippen LogP contribution in [0.25, 0.3) is 0 Å². The maximum absolute atomic E-state index is 12.0. The zero-order chi connectivity index (χ0) is 17.2. The van der Waals surface area contributed by atoms with Gasteiger partial charge < -0.3 is 0 Å². The molecule has 0 spiro atoms. The van der Waals surface area contributed by atoms with E-state index in [1.807, 2.05) is 19.9 Å². The van der Waals surface area contributed by atoms with Crippen LogP contribution in [0.2, 0.25) is 0 Å². The standard InChI is InChI=1S/C9H12.C8H7F3.C2H6/c1-8(2)9-6-4-3-5-7-9;1-6-4-2-3-5-7(6)8(9,10)11;1-2/h3-8H,1-2H3;2-5H,1H3;1-2H3. The largest absolute Gasteiger partial charge is 0.416 e. The SMILES string of the molecule is CC.CC(C)c1ccccc1.Cc1ccccc1C(F)(F)F. The van der Waals surface area contributed by atoms with Crippen molar-refractivity contribution in [1.29, 1.82) is 0 Å². The van der Waals surface area contributed by atoms with Crippen LogP contribution in [-0.2, 0) is 6.18 Å². The van der Waals surface area contributed by atoms with E-state index >= 15 is 0 Å². The van der Waals surface area contributed by atoms with Crippen molar-refractivity contribution in [1.82, 2.24) is 0 Å². The minimum Gasteiger partial charge on any atom is -0.166 e. The van der Waals surface area contributed by atoms with E-state index in [1.165, 1.54) is 24.6 Å². The molecule has 22 heavy (non-hydrogen) atoms. The van der Waals surface area contributed by atoms with E-state index < -0.39 is 11.7 Å². The summed E-state index contributed by atoms with van der Waals surface area (Å²) in [5.41, 5.74) is 1.12. The van der Waals surface area contributed by atoms with Gasteiger partial charge in [0.2, 0.25) is 0 Å². The second-order valence-corrected chi connectivity index (χ2v) is 4.88. The number of aryl methyl sites for hydroxylation is 1. The minimum atomic E-state index is -4.22. The van der Waals surface area contributed by atoms with Crippen molar-refractivity contribution in [3.63, 3.8) is 0 Å². The predicted octanol–water partition coefficient (Wildman–Crippen LogP) is 6.85. The average molecular weight is 310 g/mol. The monoisotopic (exact) mass is 310 g/mol. The Labute approximate surface area is 132 Å². The molecule has 122 valence electrons. The van der Waals surface area contributed by atoms with Gasteiger partial charge in [-0.2, -0.15) is 13.2 Å². The molecular formula is C19H25F3. The minimum absolute atomic E-state index is 0.264. The number of benzene rings is 2. The summed E-state index contributed by atoms with van der Waals surface area (Å²) < 4.78 is 36.1. The van der Waals surface area contributed by atoms with E-state index in [0.29, 0.717) is 5.92 Å². The Kier molecular flexibility index (Phi) is 9.23. The molecule has 2 aromatic rings. The normalized spacial score (nSPS) is 10.2. The maximum Gasteiger partial charge on any atom is 0.416 e. The van der Waals surface area contributed by atoms with E-state index in [0.717, 1.165) is 6.07 Å². The maximum atomic E-state index is 12.0. The van der Waals surface area contributed by atoms with Crippen molar-refractivity contribution < 1.29 is 13.2 Å². The van der Waals surface area contributed by atoms with Crippen molar-refractivity contribution in [3.8, 4) is 0 Å². The second kappa shape index (κ2) is 10.0. The molecule has 0 bridgehead atoms. The molecule has 0 saturated heterocycles. The van der Waals surface area contributed by atoms with E-state index in [-0.39, 0.29) is 5.56 Å². The molecule has 0 amide bonds. The zero-order valence-corrected chi connectivity index (χ0v) is 13.9. The molecule has 0 atom stereocenters. The number of halogens is 3. The summed E-state index contributed by atoms with van der Waals surface area (Å²) in [5.74, 6) is 0.659. The van der Waals surface area contributed by atoms with Crippen molar-refractivity contribution in [2.45, 2.75) is 46.7 Å². The average Bonchev–Trinajstić information content (AvgIpc) is 2.50. The molecule has 0 unspecified atom stereocenters. The van der Waals surface area contributed by atoms with Gasteiger partial charge in [-0.05, 0) is 30.0 Å². The third kappa shape index (κ3) is 7.30. The van der Waals surface area contributed by atoms with Gasteiger partial charge in [0.05, 0.1) is 5.56 Å². The Morgan fingerprint density at radius 1 is 0.773 bits per heavy atom. The van der Waals surface area contributed by atoms with Crippen molar-refractivity contribution in [2.24, 2.45) is 0 Å². The Morgan fingerprint density at radius 3 is 1.55 bits per heavy atom. The summed E-state index contributed by atoms with van der Waals surface area (Å²) in [6, 6.07) is 16.0. The van der Waals surface area contributed by atoms with Crippen LogP contribution in [-0.4, -0.2) is 0 Å². The molecule has 0 N–H and O–H groups in total. The van der Waals surface area contributed by atoms with Crippen LogP contribution in [0, 0.1) is 6.92 Å². The first-order chi connectivity index (χ1) is 10.3. The highest BCUT2D eigenvalue weighted by Crippen LogP contribution is 2.31. The predicted molar refractivity (Wildman–Crippen MR) is 88.1 cm³/mol. The fraction of sp³-hybridized carbons (Fsp3) is 0.368. The lowest BCUT2D eigenvalue weighted by atomic mass is 10.0. The van der Waals surface area contributed by atoms with Crippen molar-refractivity contribution in [2.75, 3.05) is 0 Å². The van der Waals surface area contributed by atoms with E-state index in [4.69, 9.17) is 0 Å². The lowest BCUT2D eigenvalue weighted by Crippen LogP contribution is -2.06. The first-order valence-electron chi connectivity index (χ1n) is 7.50. The molecule has 0 fully saturated rings. The molecule has 2 rings (SSSR count). The fourth-order valence-corrected chi connectivity index (χ4v) is 1.73. The number of hydrogen-bond acceptors (Lipinski definition) is 0. The summed E-state index contributed by atoms with van der Waals surface area (Å²) in [6.45, 7) is 9.85. The summed E-state index contributed by atoms with van der Waals surface area (Å²) in [4.78, 5) is 0. The smallest absolute Gasteiger partial charge is 0.166 e. The molecule has 0 aliphatic heterocycles. The molecular weight excluding hydrogens is 285 g/mol. The Morgan fingerprint density at radius 2 is 1.23 bits per heavy atom. The molecule has 3 heteroatoms. The quantitative estimate of drug-likeness (QED) is 0.540. The van der Waals surface area contributed by atoms with Gasteiger partial charge >= 0.3 is 6.18 Å². The van der Waals surface area contributed by atoms with E-state index in [9.17, 15) is 13.2 Å². The highest BCUT2D eigenvalue weighted by atomic mass is 19.4. The fourth-order valence-electron chi connectivity index (χ4n) is 1.73. The summed E-state index contributed by atoms with van der Waals surface area (Å²) in [5, 5.41) is 0. The lowest BCUT2D eigenvalue weighted by molar-refractivity contribution is -0.138. The summed E-state index contributed by atoms with van der Waals surface area (Å²) in [7, 11) is 0. The first-order valence-corrected chi connectivity index (χ1v) is 7.50. The van der Waals surface area contributed by atoms with Gasteiger partial charge in [-0.1, -0.05) is 76.2 Å². The van der Waals surface area contributed by atoms with Crippen LogP contribution >= 0.6 is 0 Å². The van der Waals surface area contributed by atoms with Gasteiger partial charge in [-0.25, -0.2) is 0 Å². The molecule has 0 aliphatic rings. The topological polar surface area (TPSA) is 0 Å². The van der Waals surface area contributed by atoms with Crippen LogP contribution < -0.4 is 0 Å². The van der Waals surface area contributed by atoms with Gasteiger partial charge in [0, 0.05) is 0 Å². The summed E-state index contributed by atoms with van der Waals surface area (Å²) >= 11 is 0. The second-order valence-electron chi connectivity index (χ2n) is 4.88. The van der Waals surface area contributed by atoms with Crippen LogP contribution in [0.3, 0.4) is 0 Å². The van der Waals surface area contributed by atoms with Crippen LogP contribution in [0.1, 0.15) is 50.3 Å². The molecule has 0 saturated carbocycles. The lowest BCUT2D eigenvalue weighted by Gasteiger charge is -2.08. The van der Waals surface area contributed by atoms with Crippen molar-refractivity contribution >= 4 is 0 Å². The van der Waals surface area contributed by atoms with E-state index in [2.05, 4.69) is 38.1 Å². The molecule has 0 nitrogen and oxygen atoms in total. The number of rotatable bonds is 1. The third-order valence-electron chi connectivity index (χ3n) is 2.92. The van der Waals surface area contributed by atoms with Gasteiger partial charge in [-0.15, -0.1) is 0 Å². The first kappa shape index (κ1) is 20.2. The zero-order valence-electron chi connectivity index (χ0n) is 13.9. The molecule has 0 heterocycles. The number of hydrogen-bond donors (Lipinski definition) is 0. The van der Waals surface area contributed by atoms with Gasteiger partial charge in [-0.3, -0.25) is 0 Å². The van der Waals surface area contributed by atoms with Gasteiger partial charge in [0.1, 0.15) is 0 Å². The van der Waals surface area contributed by atoms with Gasteiger partial charge in [0.15, 0.2) is 0 Å². The summed E-state index contributed by atoms with van der Waals surface area (Å²) in [6.07, 6.45) is -4.22. The highest BCUT2D eigenvalue weighted by Gasteiger charge is 2.31. The Balaban J connectivity index is 0.000000366. The van der Waals surface area contributed by atoms with Crippen LogP contribution in [0.15, 0.2) is 54.6 Å². The molecule has 0 aliphatic carbocycles. The number of alkyl halides is 3. The van der Waals surface area contributed by atoms with E-state index in [1.54, 1.807) is 6.07 Å². The Hall–Kier alpha value is -1.77. The van der Waals surface area contributed by atoms with Gasteiger partial charge in [0.25, 0.3) is 0 Å². The molecule has 0 radical (unpaired) electrons. The van der Waals surface area contributed by atoms with Crippen LogP contribution in [0.5, 0.6) is 0 Å². The van der Waals surface area contributed by atoms with Crippen LogP contribution in [0.4, 0.5) is 13.2 Å². The van der Waals surface area contributed by atoms with Crippen molar-refractivity contribution in [3.05, 3.63) is 71.3 Å². The molecule has 0 aromatic heterocycles. The third-order valence-corrected chi connectivity index (χ3v) is 2.92. The Bertz CT molecular complexity index is 514. The molecule has 2 aromatic carbocycles. The highest BCUT2D eigenvalue weighted by molar-refractivity contribution is 5.27.